The van der Waals surface area contributed by atoms with Crippen LogP contribution in [0.25, 0.3) is 0 Å². The van der Waals surface area contributed by atoms with Crippen LogP contribution in [0.2, 0.25) is 0 Å². The van der Waals surface area contributed by atoms with Gasteiger partial charge in [0.05, 0.1) is 18.9 Å². The predicted molar refractivity (Wildman–Crippen MR) is 71.7 cm³/mol. The molecular formula is C13H17N3O4. The van der Waals surface area contributed by atoms with Crippen LogP contribution in [0.5, 0.6) is 0 Å². The second kappa shape index (κ2) is 6.33. The molecule has 1 unspecified atom stereocenters. The first-order valence-electron chi connectivity index (χ1n) is 6.40. The number of aromatic nitrogens is 1. The minimum Gasteiger partial charge on any atom is -0.478 e. The molecule has 2 N–H and O–H groups in total. The molecule has 20 heavy (non-hydrogen) atoms. The van der Waals surface area contributed by atoms with Gasteiger partial charge in [0.25, 0.3) is 0 Å². The Labute approximate surface area is 116 Å². The van der Waals surface area contributed by atoms with E-state index in [-0.39, 0.29) is 11.5 Å². The number of nitrogens with zero attached hydrogens (tertiary/aromatic N) is 2. The van der Waals surface area contributed by atoms with Crippen LogP contribution in [-0.2, 0) is 9.53 Å². The first-order valence-corrected chi connectivity index (χ1v) is 6.40. The molecule has 1 fully saturated rings. The van der Waals surface area contributed by atoms with Crippen molar-refractivity contribution in [2.75, 3.05) is 31.6 Å². The summed E-state index contributed by atoms with van der Waals surface area (Å²) in [5, 5.41) is 12.0. The third kappa shape index (κ3) is 3.24. The van der Waals surface area contributed by atoms with E-state index < -0.39 is 12.0 Å². The molecule has 0 bridgehead atoms. The van der Waals surface area contributed by atoms with E-state index in [9.17, 15) is 9.59 Å². The van der Waals surface area contributed by atoms with Crippen LogP contribution in [0.4, 0.5) is 5.69 Å². The number of hydrogen-bond donors (Lipinski definition) is 2. The molecule has 1 atom stereocenters. The van der Waals surface area contributed by atoms with E-state index in [1.54, 1.807) is 17.9 Å². The third-order valence-corrected chi connectivity index (χ3v) is 3.12. The lowest BCUT2D eigenvalue weighted by molar-refractivity contribution is -0.135. The average molecular weight is 279 g/mol. The molecule has 0 saturated carbocycles. The highest BCUT2D eigenvalue weighted by molar-refractivity contribution is 5.95. The number of pyridine rings is 1. The Morgan fingerprint density at radius 2 is 2.15 bits per heavy atom. The van der Waals surface area contributed by atoms with Gasteiger partial charge in [0, 0.05) is 25.5 Å². The zero-order chi connectivity index (χ0) is 14.5. The summed E-state index contributed by atoms with van der Waals surface area (Å²) in [6.45, 7) is 3.91. The normalized spacial score (nSPS) is 16.6. The van der Waals surface area contributed by atoms with E-state index in [1.165, 1.54) is 12.4 Å². The van der Waals surface area contributed by atoms with Crippen LogP contribution in [-0.4, -0.2) is 59.2 Å². The second-order valence-electron chi connectivity index (χ2n) is 4.53. The van der Waals surface area contributed by atoms with Crippen molar-refractivity contribution in [2.45, 2.75) is 13.0 Å². The molecule has 7 nitrogen and oxygen atoms in total. The Bertz CT molecular complexity index is 500. The van der Waals surface area contributed by atoms with Crippen molar-refractivity contribution in [2.24, 2.45) is 0 Å². The van der Waals surface area contributed by atoms with Crippen LogP contribution in [0.1, 0.15) is 17.3 Å². The monoisotopic (exact) mass is 279 g/mol. The first-order chi connectivity index (χ1) is 9.59. The second-order valence-corrected chi connectivity index (χ2v) is 4.53. The molecular weight excluding hydrogens is 262 g/mol. The van der Waals surface area contributed by atoms with Gasteiger partial charge >= 0.3 is 5.97 Å². The number of rotatable bonds is 4. The summed E-state index contributed by atoms with van der Waals surface area (Å²) in [5.41, 5.74) is 0.440. The molecule has 2 rings (SSSR count). The minimum absolute atomic E-state index is 0.0501. The molecule has 0 radical (unpaired) electrons. The molecule has 108 valence electrons. The van der Waals surface area contributed by atoms with Gasteiger partial charge in [0.2, 0.25) is 5.91 Å². The highest BCUT2D eigenvalue weighted by Gasteiger charge is 2.23. The van der Waals surface area contributed by atoms with Crippen molar-refractivity contribution in [1.82, 2.24) is 9.88 Å². The Balaban J connectivity index is 2.05. The van der Waals surface area contributed by atoms with Crippen LogP contribution in [0.15, 0.2) is 18.5 Å². The summed E-state index contributed by atoms with van der Waals surface area (Å²) >= 11 is 0. The zero-order valence-corrected chi connectivity index (χ0v) is 11.2. The molecule has 1 aliphatic heterocycles. The SMILES string of the molecule is CC(Nc1ccncc1C(=O)O)C(=O)N1CCOCC1. The number of carboxylic acid groups (broad SMARTS) is 1. The zero-order valence-electron chi connectivity index (χ0n) is 11.2. The molecule has 7 heteroatoms. The van der Waals surface area contributed by atoms with Crippen LogP contribution in [0, 0.1) is 0 Å². The molecule has 0 aliphatic carbocycles. The number of carbonyl (C=O) groups is 2. The molecule has 2 heterocycles. The Morgan fingerprint density at radius 1 is 1.45 bits per heavy atom. The van der Waals surface area contributed by atoms with Gasteiger partial charge in [-0.25, -0.2) is 4.79 Å². The summed E-state index contributed by atoms with van der Waals surface area (Å²) in [7, 11) is 0. The highest BCUT2D eigenvalue weighted by Crippen LogP contribution is 2.15. The topological polar surface area (TPSA) is 91.8 Å². The van der Waals surface area contributed by atoms with E-state index >= 15 is 0 Å². The van der Waals surface area contributed by atoms with Gasteiger partial charge in [-0.05, 0) is 13.0 Å². The number of morpholine rings is 1. The average Bonchev–Trinajstić information content (AvgIpc) is 2.47. The largest absolute Gasteiger partial charge is 0.478 e. The maximum atomic E-state index is 12.2. The predicted octanol–water partition coefficient (Wildman–Crippen LogP) is 0.439. The molecule has 1 saturated heterocycles. The Kier molecular flexibility index (Phi) is 4.52. The van der Waals surface area contributed by atoms with Gasteiger partial charge in [-0.1, -0.05) is 0 Å². The third-order valence-electron chi connectivity index (χ3n) is 3.12. The fourth-order valence-electron chi connectivity index (χ4n) is 2.04. The summed E-state index contributed by atoms with van der Waals surface area (Å²) in [4.78, 5) is 28.8. The maximum Gasteiger partial charge on any atom is 0.339 e. The summed E-state index contributed by atoms with van der Waals surface area (Å²) in [6, 6.07) is 1.04. The fraction of sp³-hybridized carbons (Fsp3) is 0.462. The molecule has 1 amide bonds. The van der Waals surface area contributed by atoms with Gasteiger partial charge in [-0.3, -0.25) is 9.78 Å². The van der Waals surface area contributed by atoms with Gasteiger partial charge in [-0.2, -0.15) is 0 Å². The molecule has 0 spiro atoms. The highest BCUT2D eigenvalue weighted by atomic mass is 16.5. The Morgan fingerprint density at radius 3 is 2.80 bits per heavy atom. The molecule has 0 aromatic carbocycles. The first kappa shape index (κ1) is 14.3. The number of aromatic carboxylic acids is 1. The van der Waals surface area contributed by atoms with Crippen molar-refractivity contribution >= 4 is 17.6 Å². The number of hydrogen-bond acceptors (Lipinski definition) is 5. The van der Waals surface area contributed by atoms with E-state index in [1.807, 2.05) is 0 Å². The van der Waals surface area contributed by atoms with E-state index in [0.29, 0.717) is 32.0 Å². The number of anilines is 1. The van der Waals surface area contributed by atoms with Crippen LogP contribution >= 0.6 is 0 Å². The molecule has 1 aromatic rings. The van der Waals surface area contributed by atoms with E-state index in [4.69, 9.17) is 9.84 Å². The standard InChI is InChI=1S/C13H17N3O4/c1-9(12(17)16-4-6-20-7-5-16)15-11-2-3-14-8-10(11)13(18)19/h2-3,8-9H,4-7H2,1H3,(H,14,15)(H,18,19). The fourth-order valence-corrected chi connectivity index (χ4v) is 2.04. The smallest absolute Gasteiger partial charge is 0.339 e. The van der Waals surface area contributed by atoms with E-state index in [0.717, 1.165) is 0 Å². The summed E-state index contributed by atoms with van der Waals surface area (Å²) in [5.74, 6) is -1.15. The van der Waals surface area contributed by atoms with Crippen molar-refractivity contribution < 1.29 is 19.4 Å². The Hall–Kier alpha value is -2.15. The molecule has 1 aliphatic rings. The van der Waals surface area contributed by atoms with Gasteiger partial charge < -0.3 is 20.1 Å². The summed E-state index contributed by atoms with van der Waals surface area (Å²) < 4.78 is 5.20. The lowest BCUT2D eigenvalue weighted by Gasteiger charge is -2.29. The summed E-state index contributed by atoms with van der Waals surface area (Å²) in [6.07, 6.45) is 2.75. The maximum absolute atomic E-state index is 12.2. The number of amides is 1. The number of carboxylic acids is 1. The number of carbonyl (C=O) groups excluding carboxylic acids is 1. The van der Waals surface area contributed by atoms with Crippen molar-refractivity contribution in [3.05, 3.63) is 24.0 Å². The van der Waals surface area contributed by atoms with Gasteiger partial charge in [0.1, 0.15) is 11.6 Å². The number of nitrogens with one attached hydrogen (secondary N) is 1. The molecule has 1 aromatic heterocycles. The lowest BCUT2D eigenvalue weighted by Crippen LogP contribution is -2.47. The van der Waals surface area contributed by atoms with Gasteiger partial charge in [0.15, 0.2) is 0 Å². The van der Waals surface area contributed by atoms with Crippen molar-refractivity contribution in [3.8, 4) is 0 Å². The van der Waals surface area contributed by atoms with Gasteiger partial charge in [-0.15, -0.1) is 0 Å². The minimum atomic E-state index is -1.08. The number of ether oxygens (including phenoxy) is 1. The van der Waals surface area contributed by atoms with Crippen molar-refractivity contribution in [3.63, 3.8) is 0 Å². The van der Waals surface area contributed by atoms with Crippen LogP contribution < -0.4 is 5.32 Å². The van der Waals surface area contributed by atoms with E-state index in [2.05, 4.69) is 10.3 Å². The lowest BCUT2D eigenvalue weighted by atomic mass is 10.2. The van der Waals surface area contributed by atoms with Crippen molar-refractivity contribution in [1.29, 1.82) is 0 Å². The quantitative estimate of drug-likeness (QED) is 0.831. The van der Waals surface area contributed by atoms with Crippen LogP contribution in [0.3, 0.4) is 0 Å².